The van der Waals surface area contributed by atoms with Crippen LogP contribution in [0.2, 0.25) is 22.2 Å². The molecule has 169 valence electrons. The van der Waals surface area contributed by atoms with Crippen molar-refractivity contribution in [1.29, 1.82) is 0 Å². The van der Waals surface area contributed by atoms with Crippen molar-refractivity contribution in [2.45, 2.75) is 127 Å². The summed E-state index contributed by atoms with van der Waals surface area (Å²) in [4.78, 5) is 13.8. The summed E-state index contributed by atoms with van der Waals surface area (Å²) < 4.78 is 18.8. The van der Waals surface area contributed by atoms with Gasteiger partial charge in [0, 0.05) is 13.2 Å². The lowest BCUT2D eigenvalue weighted by Gasteiger charge is -2.47. The van der Waals surface area contributed by atoms with Crippen molar-refractivity contribution in [3.63, 3.8) is 0 Å². The Morgan fingerprint density at radius 3 is 1.66 bits per heavy atom. The van der Waals surface area contributed by atoms with Crippen LogP contribution in [0.4, 0.5) is 0 Å². The van der Waals surface area contributed by atoms with Crippen LogP contribution in [-0.2, 0) is 18.1 Å². The van der Waals surface area contributed by atoms with Crippen molar-refractivity contribution in [3.8, 4) is 0 Å². The van der Waals surface area contributed by atoms with Crippen molar-refractivity contribution in [2.75, 3.05) is 13.2 Å². The minimum absolute atomic E-state index is 0.0135. The zero-order chi connectivity index (χ0) is 21.3. The first-order chi connectivity index (χ1) is 14.0. The van der Waals surface area contributed by atoms with Gasteiger partial charge in [-0.2, -0.15) is 0 Å². The van der Waals surface area contributed by atoms with E-state index < -0.39 is 22.6 Å². The van der Waals surface area contributed by atoms with E-state index in [4.69, 9.17) is 13.3 Å². The van der Waals surface area contributed by atoms with Gasteiger partial charge >= 0.3 is 9.28 Å². The van der Waals surface area contributed by atoms with Crippen molar-refractivity contribution >= 4 is 23.6 Å². The van der Waals surface area contributed by atoms with Gasteiger partial charge in [0.1, 0.15) is 5.04 Å². The maximum absolute atomic E-state index is 13.8. The summed E-state index contributed by atoms with van der Waals surface area (Å²) in [5, 5.41) is -0.645. The molecular weight excluding hydrogens is 396 g/mol. The maximum Gasteiger partial charge on any atom is 0.402 e. The third kappa shape index (κ3) is 5.75. The predicted octanol–water partition coefficient (Wildman–Crippen LogP) is 6.90. The number of hydrogen-bond acceptors (Lipinski definition) is 4. The molecule has 1 radical (unpaired) electrons. The van der Waals surface area contributed by atoms with Crippen LogP contribution in [0.3, 0.4) is 0 Å². The summed E-state index contributed by atoms with van der Waals surface area (Å²) >= 11 is 0. The molecule has 0 spiro atoms. The molecule has 2 fully saturated rings. The SMILES string of the molecule is CCO[Si](OCC)C(C)(CC)C(=O)O[Si](CC)(C1CCCCC1)C1CCCCC1. The first kappa shape index (κ1) is 25.1. The minimum Gasteiger partial charge on any atom is -0.518 e. The van der Waals surface area contributed by atoms with Crippen LogP contribution in [0.5, 0.6) is 0 Å². The normalized spacial score (nSPS) is 21.9. The van der Waals surface area contributed by atoms with Gasteiger partial charge in [-0.25, -0.2) is 0 Å². The van der Waals surface area contributed by atoms with Crippen molar-refractivity contribution < 1.29 is 18.1 Å². The largest absolute Gasteiger partial charge is 0.518 e. The summed E-state index contributed by atoms with van der Waals surface area (Å²) in [6.45, 7) is 11.6. The van der Waals surface area contributed by atoms with Crippen molar-refractivity contribution in [2.24, 2.45) is 0 Å². The summed E-state index contributed by atoms with van der Waals surface area (Å²) in [7, 11) is -3.92. The number of hydrogen-bond donors (Lipinski definition) is 0. The molecule has 0 N–H and O–H groups in total. The van der Waals surface area contributed by atoms with Crippen LogP contribution in [0.1, 0.15) is 105 Å². The molecule has 0 aromatic rings. The zero-order valence-electron chi connectivity index (χ0n) is 19.7. The molecule has 0 heterocycles. The second-order valence-electron chi connectivity index (χ2n) is 9.21. The van der Waals surface area contributed by atoms with E-state index >= 15 is 0 Å². The van der Waals surface area contributed by atoms with E-state index in [2.05, 4.69) is 13.8 Å². The van der Waals surface area contributed by atoms with Gasteiger partial charge in [0.05, 0.1) is 0 Å². The Balaban J connectivity index is 2.32. The predicted molar refractivity (Wildman–Crippen MR) is 124 cm³/mol. The Kier molecular flexibility index (Phi) is 10.4. The lowest BCUT2D eigenvalue weighted by molar-refractivity contribution is -0.140. The quantitative estimate of drug-likeness (QED) is 0.327. The third-order valence-electron chi connectivity index (χ3n) is 7.59. The average molecular weight is 442 g/mol. The van der Waals surface area contributed by atoms with Crippen molar-refractivity contribution in [3.05, 3.63) is 0 Å². The molecule has 0 aromatic carbocycles. The number of carbonyl (C=O) groups excluding carboxylic acids is 1. The molecule has 0 saturated heterocycles. The molecule has 1 atom stereocenters. The lowest BCUT2D eigenvalue weighted by atomic mass is 9.99. The smallest absolute Gasteiger partial charge is 0.402 e. The minimum atomic E-state index is -2.19. The molecule has 0 aromatic heterocycles. The molecule has 1 unspecified atom stereocenters. The number of carbonyl (C=O) groups is 1. The van der Waals surface area contributed by atoms with Gasteiger partial charge in [-0.1, -0.05) is 52.4 Å². The maximum atomic E-state index is 13.8. The monoisotopic (exact) mass is 441 g/mol. The van der Waals surface area contributed by atoms with E-state index in [0.29, 0.717) is 30.7 Å². The van der Waals surface area contributed by atoms with Gasteiger partial charge in [0.15, 0.2) is 0 Å². The van der Waals surface area contributed by atoms with E-state index in [1.165, 1.54) is 64.2 Å². The summed E-state index contributed by atoms with van der Waals surface area (Å²) in [5.74, 6) is -0.0135. The highest BCUT2D eigenvalue weighted by atomic mass is 28.4. The molecule has 2 saturated carbocycles. The Morgan fingerprint density at radius 1 is 0.862 bits per heavy atom. The second kappa shape index (κ2) is 12.0. The van der Waals surface area contributed by atoms with E-state index in [1.807, 2.05) is 20.8 Å². The standard InChI is InChI=1S/C23H45O4Si2/c1-6-23(5,28(25-7-2)26-8-3)22(24)27-29(9-4,20-16-12-10-13-17-20)21-18-14-11-15-19-21/h20-21H,6-19H2,1-5H3. The molecule has 2 aliphatic carbocycles. The molecule has 0 bridgehead atoms. The van der Waals surface area contributed by atoms with Crippen LogP contribution >= 0.6 is 0 Å². The summed E-state index contributed by atoms with van der Waals surface area (Å²) in [6, 6.07) is 1.07. The fraction of sp³-hybridized carbons (Fsp3) is 0.957. The molecule has 29 heavy (non-hydrogen) atoms. The second-order valence-corrected chi connectivity index (χ2v) is 15.9. The zero-order valence-corrected chi connectivity index (χ0v) is 21.7. The molecule has 2 aliphatic rings. The molecular formula is C23H45O4Si2. The number of rotatable bonds is 11. The Morgan fingerprint density at radius 2 is 1.31 bits per heavy atom. The van der Waals surface area contributed by atoms with Crippen LogP contribution in [0, 0.1) is 0 Å². The summed E-state index contributed by atoms with van der Waals surface area (Å²) in [6.07, 6.45) is 13.7. The molecule has 0 amide bonds. The van der Waals surface area contributed by atoms with Crippen LogP contribution in [-0.4, -0.2) is 36.8 Å². The Labute approximate surface area is 182 Å². The topological polar surface area (TPSA) is 44.8 Å². The highest BCUT2D eigenvalue weighted by Crippen LogP contribution is 2.52. The van der Waals surface area contributed by atoms with Gasteiger partial charge in [-0.15, -0.1) is 0 Å². The first-order valence-corrected chi connectivity index (χ1v) is 15.9. The molecule has 2 rings (SSSR count). The van der Waals surface area contributed by atoms with Crippen LogP contribution < -0.4 is 0 Å². The molecule has 6 heteroatoms. The van der Waals surface area contributed by atoms with Crippen LogP contribution in [0.25, 0.3) is 0 Å². The average Bonchev–Trinajstić information content (AvgIpc) is 2.77. The highest BCUT2D eigenvalue weighted by Gasteiger charge is 2.55. The van der Waals surface area contributed by atoms with E-state index in [9.17, 15) is 4.79 Å². The van der Waals surface area contributed by atoms with Crippen molar-refractivity contribution in [1.82, 2.24) is 0 Å². The van der Waals surface area contributed by atoms with Gasteiger partial charge < -0.3 is 13.3 Å². The Hall–Kier alpha value is -0.176. The third-order valence-corrected chi connectivity index (χ3v) is 15.7. The highest BCUT2D eigenvalue weighted by molar-refractivity contribution is 6.78. The van der Waals surface area contributed by atoms with Crippen LogP contribution in [0.15, 0.2) is 0 Å². The molecule has 0 aliphatic heterocycles. The lowest BCUT2D eigenvalue weighted by Crippen LogP contribution is -2.53. The van der Waals surface area contributed by atoms with E-state index in [-0.39, 0.29) is 5.97 Å². The van der Waals surface area contributed by atoms with Gasteiger partial charge in [0.25, 0.3) is 14.3 Å². The fourth-order valence-corrected chi connectivity index (χ4v) is 13.1. The first-order valence-electron chi connectivity index (χ1n) is 12.3. The van der Waals surface area contributed by atoms with E-state index in [1.54, 1.807) is 0 Å². The molecule has 4 nitrogen and oxygen atoms in total. The van der Waals surface area contributed by atoms with Gasteiger partial charge in [-0.3, -0.25) is 4.79 Å². The van der Waals surface area contributed by atoms with E-state index in [0.717, 1.165) is 6.04 Å². The Bertz CT molecular complexity index is 465. The van der Waals surface area contributed by atoms with Gasteiger partial charge in [-0.05, 0) is 70.0 Å². The van der Waals surface area contributed by atoms with Gasteiger partial charge in [0.2, 0.25) is 0 Å². The fourth-order valence-electron chi connectivity index (χ4n) is 5.61. The summed E-state index contributed by atoms with van der Waals surface area (Å²) in [5.41, 5.74) is 1.29.